The van der Waals surface area contributed by atoms with E-state index in [0.717, 1.165) is 16.5 Å². The van der Waals surface area contributed by atoms with E-state index in [4.69, 9.17) is 16.3 Å². The number of methoxy groups -OCH3 is 1. The van der Waals surface area contributed by atoms with Crippen molar-refractivity contribution < 1.29 is 17.9 Å². The molecule has 3 aromatic rings. The molecular formula is C18H17ClN2O4S2. The average molecular weight is 425 g/mol. The first kappa shape index (κ1) is 19.8. The van der Waals surface area contributed by atoms with E-state index < -0.39 is 15.7 Å². The average Bonchev–Trinajstić information content (AvgIpc) is 2.95. The molecule has 0 N–H and O–H groups in total. The fourth-order valence-electron chi connectivity index (χ4n) is 2.53. The van der Waals surface area contributed by atoms with Crippen LogP contribution in [-0.4, -0.2) is 38.9 Å². The van der Waals surface area contributed by atoms with Crippen LogP contribution in [0.1, 0.15) is 10.4 Å². The van der Waals surface area contributed by atoms with Gasteiger partial charge in [0.15, 0.2) is 14.6 Å². The lowest BCUT2D eigenvalue weighted by Gasteiger charge is -2.04. The summed E-state index contributed by atoms with van der Waals surface area (Å²) in [7, 11) is -1.70. The first-order valence-electron chi connectivity index (χ1n) is 7.96. The van der Waals surface area contributed by atoms with Gasteiger partial charge in [0.25, 0.3) is 5.91 Å². The number of fused-ring (bicyclic) bond motifs is 1. The second kappa shape index (κ2) is 7.93. The minimum absolute atomic E-state index is 0.158. The predicted molar refractivity (Wildman–Crippen MR) is 106 cm³/mol. The van der Waals surface area contributed by atoms with Gasteiger partial charge in [0, 0.05) is 30.5 Å². The van der Waals surface area contributed by atoms with E-state index in [1.165, 1.54) is 35.6 Å². The van der Waals surface area contributed by atoms with Crippen molar-refractivity contribution >= 4 is 48.9 Å². The minimum atomic E-state index is -3.31. The van der Waals surface area contributed by atoms with Crippen LogP contribution < -0.4 is 4.80 Å². The summed E-state index contributed by atoms with van der Waals surface area (Å²) in [4.78, 5) is 17.5. The van der Waals surface area contributed by atoms with Crippen molar-refractivity contribution in [1.82, 2.24) is 4.57 Å². The molecule has 27 heavy (non-hydrogen) atoms. The molecule has 9 heteroatoms. The summed E-state index contributed by atoms with van der Waals surface area (Å²) in [6.07, 6.45) is 1.12. The first-order valence-corrected chi connectivity index (χ1v) is 11.0. The Bertz CT molecular complexity index is 1160. The van der Waals surface area contributed by atoms with Gasteiger partial charge in [0.2, 0.25) is 0 Å². The molecule has 0 aliphatic rings. The number of sulfone groups is 1. The summed E-state index contributed by atoms with van der Waals surface area (Å²) in [5, 5.41) is 0.608. The normalized spacial score (nSPS) is 12.6. The van der Waals surface area contributed by atoms with Crippen molar-refractivity contribution in [1.29, 1.82) is 0 Å². The molecule has 6 nitrogen and oxygen atoms in total. The van der Waals surface area contributed by atoms with Crippen LogP contribution in [0.15, 0.2) is 52.4 Å². The van der Waals surface area contributed by atoms with Crippen molar-refractivity contribution in [2.75, 3.05) is 20.0 Å². The fourth-order valence-corrected chi connectivity index (χ4v) is 4.49. The van der Waals surface area contributed by atoms with Gasteiger partial charge in [-0.2, -0.15) is 4.99 Å². The van der Waals surface area contributed by atoms with Gasteiger partial charge in [-0.05, 0) is 42.5 Å². The molecule has 0 fully saturated rings. The summed E-state index contributed by atoms with van der Waals surface area (Å²) < 4.78 is 31.1. The van der Waals surface area contributed by atoms with Gasteiger partial charge in [-0.1, -0.05) is 22.9 Å². The third kappa shape index (κ3) is 4.47. The molecule has 0 unspecified atom stereocenters. The molecule has 1 heterocycles. The van der Waals surface area contributed by atoms with Crippen molar-refractivity contribution in [3.05, 3.63) is 57.9 Å². The summed E-state index contributed by atoms with van der Waals surface area (Å²) in [6.45, 7) is 1.01. The first-order chi connectivity index (χ1) is 12.8. The lowest BCUT2D eigenvalue weighted by Crippen LogP contribution is -2.19. The Kier molecular flexibility index (Phi) is 5.81. The van der Waals surface area contributed by atoms with E-state index >= 15 is 0 Å². The maximum atomic E-state index is 12.6. The van der Waals surface area contributed by atoms with Crippen LogP contribution >= 0.6 is 22.9 Å². The maximum Gasteiger partial charge on any atom is 0.279 e. The molecule has 0 aliphatic heterocycles. The molecular weight excluding hydrogens is 408 g/mol. The summed E-state index contributed by atoms with van der Waals surface area (Å²) >= 11 is 7.42. The van der Waals surface area contributed by atoms with E-state index in [1.54, 1.807) is 13.2 Å². The Balaban J connectivity index is 2.04. The molecule has 0 saturated heterocycles. The standard InChI is InChI=1S/C18H17ClN2O4S2/c1-25-10-9-21-15-8-5-13(19)11-16(15)26-18(21)20-17(22)12-3-6-14(7-4-12)27(2,23)24/h3-8,11H,9-10H2,1-2H3. The highest BCUT2D eigenvalue weighted by Gasteiger charge is 2.12. The molecule has 3 rings (SSSR count). The number of rotatable bonds is 5. The van der Waals surface area contributed by atoms with Gasteiger partial charge in [-0.25, -0.2) is 8.42 Å². The number of nitrogens with zero attached hydrogens (tertiary/aromatic N) is 2. The molecule has 0 aliphatic carbocycles. The summed E-state index contributed by atoms with van der Waals surface area (Å²) in [5.74, 6) is -0.445. The highest BCUT2D eigenvalue weighted by Crippen LogP contribution is 2.22. The lowest BCUT2D eigenvalue weighted by molar-refractivity contribution is 0.0997. The maximum absolute atomic E-state index is 12.6. The molecule has 2 aromatic carbocycles. The molecule has 0 bridgehead atoms. The lowest BCUT2D eigenvalue weighted by atomic mass is 10.2. The summed E-state index contributed by atoms with van der Waals surface area (Å²) in [6, 6.07) is 11.2. The van der Waals surface area contributed by atoms with Crippen molar-refractivity contribution in [2.45, 2.75) is 11.4 Å². The predicted octanol–water partition coefficient (Wildman–Crippen LogP) is 3.15. The Morgan fingerprint density at radius 3 is 2.56 bits per heavy atom. The monoisotopic (exact) mass is 424 g/mol. The van der Waals surface area contributed by atoms with Crippen LogP contribution in [0, 0.1) is 0 Å². The third-order valence-electron chi connectivity index (χ3n) is 3.89. The quantitative estimate of drug-likeness (QED) is 0.630. The second-order valence-electron chi connectivity index (χ2n) is 5.85. The number of aromatic nitrogens is 1. The highest BCUT2D eigenvalue weighted by atomic mass is 35.5. The largest absolute Gasteiger partial charge is 0.383 e. The number of carbonyl (C=O) groups is 1. The SMILES string of the molecule is COCCn1c(=NC(=O)c2ccc(S(C)(=O)=O)cc2)sc2cc(Cl)ccc21. The van der Waals surface area contributed by atoms with Crippen molar-refractivity contribution in [2.24, 2.45) is 4.99 Å². The number of carbonyl (C=O) groups excluding carboxylic acids is 1. The number of thiazole rings is 1. The van der Waals surface area contributed by atoms with Crippen LogP contribution in [0.2, 0.25) is 5.02 Å². The third-order valence-corrected chi connectivity index (χ3v) is 6.30. The Hall–Kier alpha value is -2.00. The number of ether oxygens (including phenoxy) is 1. The molecule has 0 atom stereocenters. The van der Waals surface area contributed by atoms with E-state index in [0.29, 0.717) is 28.5 Å². The Labute approximate surface area is 165 Å². The summed E-state index contributed by atoms with van der Waals surface area (Å²) in [5.41, 5.74) is 1.23. The molecule has 0 spiro atoms. The number of hydrogen-bond acceptors (Lipinski definition) is 5. The molecule has 142 valence electrons. The van der Waals surface area contributed by atoms with Crippen molar-refractivity contribution in [3.8, 4) is 0 Å². The Morgan fingerprint density at radius 1 is 1.22 bits per heavy atom. The molecule has 0 saturated carbocycles. The van der Waals surface area contributed by atoms with Gasteiger partial charge < -0.3 is 9.30 Å². The smallest absolute Gasteiger partial charge is 0.279 e. The fraction of sp³-hybridized carbons (Fsp3) is 0.222. The zero-order chi connectivity index (χ0) is 19.6. The zero-order valence-electron chi connectivity index (χ0n) is 14.7. The van der Waals surface area contributed by atoms with E-state index in [1.807, 2.05) is 16.7 Å². The van der Waals surface area contributed by atoms with Gasteiger partial charge in [0.05, 0.1) is 21.7 Å². The minimum Gasteiger partial charge on any atom is -0.383 e. The van der Waals surface area contributed by atoms with E-state index in [-0.39, 0.29) is 4.90 Å². The zero-order valence-corrected chi connectivity index (χ0v) is 17.1. The topological polar surface area (TPSA) is 77.7 Å². The van der Waals surface area contributed by atoms with Crippen LogP contribution in [0.5, 0.6) is 0 Å². The second-order valence-corrected chi connectivity index (χ2v) is 9.32. The van der Waals surface area contributed by atoms with Crippen LogP contribution in [0.4, 0.5) is 0 Å². The van der Waals surface area contributed by atoms with E-state index in [2.05, 4.69) is 4.99 Å². The molecule has 0 radical (unpaired) electrons. The van der Waals surface area contributed by atoms with Gasteiger partial charge >= 0.3 is 0 Å². The van der Waals surface area contributed by atoms with Crippen LogP contribution in [-0.2, 0) is 21.1 Å². The molecule has 1 aromatic heterocycles. The van der Waals surface area contributed by atoms with Crippen LogP contribution in [0.25, 0.3) is 10.2 Å². The van der Waals surface area contributed by atoms with Crippen molar-refractivity contribution in [3.63, 3.8) is 0 Å². The van der Waals surface area contributed by atoms with Gasteiger partial charge in [0.1, 0.15) is 0 Å². The van der Waals surface area contributed by atoms with Gasteiger partial charge in [-0.15, -0.1) is 0 Å². The Morgan fingerprint density at radius 2 is 1.93 bits per heavy atom. The molecule has 1 amide bonds. The van der Waals surface area contributed by atoms with E-state index in [9.17, 15) is 13.2 Å². The number of hydrogen-bond donors (Lipinski definition) is 0. The van der Waals surface area contributed by atoms with Gasteiger partial charge in [-0.3, -0.25) is 4.79 Å². The number of benzene rings is 2. The van der Waals surface area contributed by atoms with Crippen LogP contribution in [0.3, 0.4) is 0 Å². The highest BCUT2D eigenvalue weighted by molar-refractivity contribution is 7.90. The number of halogens is 1. The number of amides is 1.